The van der Waals surface area contributed by atoms with Gasteiger partial charge in [0.05, 0.1) is 0 Å². The van der Waals surface area contributed by atoms with Gasteiger partial charge in [0, 0.05) is 10.0 Å². The molecule has 0 saturated carbocycles. The van der Waals surface area contributed by atoms with Gasteiger partial charge in [-0.15, -0.1) is 0 Å². The van der Waals surface area contributed by atoms with Crippen molar-refractivity contribution in [2.45, 2.75) is 11.1 Å². The molecular formula is C15H10Cl2F3OS+. The van der Waals surface area contributed by atoms with Crippen LogP contribution in [0.3, 0.4) is 0 Å². The Morgan fingerprint density at radius 2 is 1.55 bits per heavy atom. The van der Waals surface area contributed by atoms with Gasteiger partial charge in [-0.3, -0.25) is 0 Å². The minimum Gasteiger partial charge on any atom is -0.176 e. The Hall–Kier alpha value is -1.14. The van der Waals surface area contributed by atoms with E-state index >= 15 is 0 Å². The van der Waals surface area contributed by atoms with E-state index in [1.165, 1.54) is 6.07 Å². The number of benzene rings is 2. The quantitative estimate of drug-likeness (QED) is 0.656. The van der Waals surface area contributed by atoms with E-state index in [9.17, 15) is 17.7 Å². The highest BCUT2D eigenvalue weighted by molar-refractivity contribution is 7.94. The van der Waals surface area contributed by atoms with Crippen LogP contribution in [0.2, 0.25) is 10.0 Å². The molecule has 2 aromatic carbocycles. The van der Waals surface area contributed by atoms with Crippen LogP contribution in [0, 0.1) is 0 Å². The van der Waals surface area contributed by atoms with Gasteiger partial charge >= 0.3 is 6.18 Å². The molecule has 0 spiro atoms. The van der Waals surface area contributed by atoms with Crippen molar-refractivity contribution in [3.63, 3.8) is 0 Å². The van der Waals surface area contributed by atoms with Crippen molar-refractivity contribution in [2.75, 3.05) is 0 Å². The van der Waals surface area contributed by atoms with Gasteiger partial charge in [-0.05, 0) is 35.9 Å². The number of hydrogen-bond acceptors (Lipinski definition) is 1. The molecule has 0 saturated heterocycles. The molecular weight excluding hydrogens is 356 g/mol. The van der Waals surface area contributed by atoms with Crippen LogP contribution < -0.4 is 0 Å². The number of halogens is 5. The van der Waals surface area contributed by atoms with E-state index in [1.807, 2.05) is 0 Å². The van der Waals surface area contributed by atoms with Gasteiger partial charge in [0.1, 0.15) is 5.57 Å². The average Bonchev–Trinajstić information content (AvgIpc) is 2.43. The van der Waals surface area contributed by atoms with Crippen LogP contribution in [0.4, 0.5) is 13.2 Å². The van der Waals surface area contributed by atoms with E-state index in [0.29, 0.717) is 4.90 Å². The lowest BCUT2D eigenvalue weighted by atomic mass is 10.1. The van der Waals surface area contributed by atoms with Gasteiger partial charge in [-0.25, -0.2) is 0 Å². The molecule has 0 fully saturated rings. The third kappa shape index (κ3) is 4.43. The largest absolute Gasteiger partial charge is 0.421 e. The fourth-order valence-corrected chi connectivity index (χ4v) is 3.34. The van der Waals surface area contributed by atoms with Crippen molar-refractivity contribution in [2.24, 2.45) is 0 Å². The summed E-state index contributed by atoms with van der Waals surface area (Å²) in [5, 5.41) is 0.961. The molecule has 2 rings (SSSR count). The van der Waals surface area contributed by atoms with Crippen molar-refractivity contribution < 1.29 is 17.7 Å². The third-order valence-corrected chi connectivity index (χ3v) is 4.34. The summed E-state index contributed by atoms with van der Waals surface area (Å²) < 4.78 is 49.9. The third-order valence-electron chi connectivity index (χ3n) is 2.69. The van der Waals surface area contributed by atoms with E-state index in [4.69, 9.17) is 23.2 Å². The highest BCUT2D eigenvalue weighted by Crippen LogP contribution is 2.37. The monoisotopic (exact) mass is 365 g/mol. The zero-order valence-electron chi connectivity index (χ0n) is 10.9. The summed E-state index contributed by atoms with van der Waals surface area (Å²) in [7, 11) is 0. The van der Waals surface area contributed by atoms with Crippen molar-refractivity contribution >= 4 is 40.0 Å². The van der Waals surface area contributed by atoms with Crippen LogP contribution >= 0.6 is 23.2 Å². The van der Waals surface area contributed by atoms with Gasteiger partial charge < -0.3 is 0 Å². The van der Waals surface area contributed by atoms with Crippen LogP contribution in [0.25, 0.3) is 5.57 Å². The van der Waals surface area contributed by atoms with Crippen LogP contribution in [-0.2, 0) is 11.2 Å². The van der Waals surface area contributed by atoms with E-state index in [1.54, 1.807) is 30.3 Å². The summed E-state index contributed by atoms with van der Waals surface area (Å²) in [5.74, 6) is 0. The molecule has 2 aromatic rings. The lowest BCUT2D eigenvalue weighted by Crippen LogP contribution is -2.13. The van der Waals surface area contributed by atoms with Gasteiger partial charge in [-0.2, -0.15) is 17.7 Å². The predicted molar refractivity (Wildman–Crippen MR) is 85.2 cm³/mol. The second-order valence-electron chi connectivity index (χ2n) is 4.32. The molecule has 0 aromatic heterocycles. The van der Waals surface area contributed by atoms with E-state index in [0.717, 1.165) is 17.5 Å². The second-order valence-corrected chi connectivity index (χ2v) is 6.52. The first kappa shape index (κ1) is 17.2. The number of alkyl halides is 3. The normalized spacial score (nSPS) is 14.0. The van der Waals surface area contributed by atoms with E-state index < -0.39 is 22.9 Å². The number of rotatable bonds is 3. The van der Waals surface area contributed by atoms with Gasteiger partial charge in [-0.1, -0.05) is 41.4 Å². The molecule has 1 atom stereocenters. The Labute approximate surface area is 138 Å². The van der Waals surface area contributed by atoms with Crippen LogP contribution in [0.15, 0.2) is 58.8 Å². The SMILES string of the molecule is O[S+](/C=C(/c1cc(Cl)cc(Cl)c1)C(F)(F)F)c1ccccc1. The van der Waals surface area contributed by atoms with Gasteiger partial charge in [0.15, 0.2) is 10.3 Å². The lowest BCUT2D eigenvalue weighted by Gasteiger charge is -2.11. The van der Waals surface area contributed by atoms with E-state index in [-0.39, 0.29) is 15.6 Å². The van der Waals surface area contributed by atoms with Gasteiger partial charge in [0.2, 0.25) is 11.2 Å². The highest BCUT2D eigenvalue weighted by Gasteiger charge is 2.39. The Kier molecular flexibility index (Phi) is 5.45. The summed E-state index contributed by atoms with van der Waals surface area (Å²) in [4.78, 5) is 0.386. The maximum Gasteiger partial charge on any atom is 0.421 e. The smallest absolute Gasteiger partial charge is 0.176 e. The molecule has 0 aliphatic rings. The second kappa shape index (κ2) is 6.96. The molecule has 116 valence electrons. The van der Waals surface area contributed by atoms with Crippen molar-refractivity contribution in [1.82, 2.24) is 0 Å². The fourth-order valence-electron chi connectivity index (χ4n) is 1.75. The standard InChI is InChI=1S/C15H10Cl2F3OS/c16-11-6-10(7-12(17)8-11)14(15(18,19)20)9-22(21)13-4-2-1-3-5-13/h1-9,21H/q+1/b14-9-. The average molecular weight is 366 g/mol. The molecule has 1 N–H and O–H groups in total. The predicted octanol–water partition coefficient (Wildman–Crippen LogP) is 6.05. The zero-order valence-corrected chi connectivity index (χ0v) is 13.3. The first-order valence-electron chi connectivity index (χ1n) is 6.00. The topological polar surface area (TPSA) is 20.2 Å². The lowest BCUT2D eigenvalue weighted by molar-refractivity contribution is -0.0688. The fraction of sp³-hybridized carbons (Fsp3) is 0.0667. The molecule has 7 heteroatoms. The summed E-state index contributed by atoms with van der Waals surface area (Å²) in [6.45, 7) is 0. The highest BCUT2D eigenvalue weighted by atomic mass is 35.5. The minimum absolute atomic E-state index is 0.0928. The Morgan fingerprint density at radius 3 is 2.05 bits per heavy atom. The van der Waals surface area contributed by atoms with Crippen LogP contribution in [0.5, 0.6) is 0 Å². The molecule has 0 heterocycles. The molecule has 1 unspecified atom stereocenters. The van der Waals surface area contributed by atoms with Crippen molar-refractivity contribution in [1.29, 1.82) is 0 Å². The van der Waals surface area contributed by atoms with Crippen LogP contribution in [-0.4, -0.2) is 10.7 Å². The molecule has 0 bridgehead atoms. The number of allylic oxidation sites excluding steroid dienone is 1. The van der Waals surface area contributed by atoms with Crippen molar-refractivity contribution in [3.05, 3.63) is 69.5 Å². The Bertz CT molecular complexity index is 667. The zero-order chi connectivity index (χ0) is 16.3. The maximum absolute atomic E-state index is 13.3. The molecule has 22 heavy (non-hydrogen) atoms. The Balaban J connectivity index is 2.49. The summed E-state index contributed by atoms with van der Waals surface area (Å²) >= 11 is 9.83. The molecule has 1 nitrogen and oxygen atoms in total. The minimum atomic E-state index is -4.64. The summed E-state index contributed by atoms with van der Waals surface area (Å²) in [6, 6.07) is 11.8. The summed E-state index contributed by atoms with van der Waals surface area (Å²) in [6.07, 6.45) is -4.64. The van der Waals surface area contributed by atoms with Crippen LogP contribution in [0.1, 0.15) is 5.56 Å². The first-order chi connectivity index (χ1) is 10.3. The Morgan fingerprint density at radius 1 is 1.00 bits per heavy atom. The molecule has 0 aliphatic heterocycles. The first-order valence-corrected chi connectivity index (χ1v) is 8.00. The molecule has 0 radical (unpaired) electrons. The van der Waals surface area contributed by atoms with E-state index in [2.05, 4.69) is 0 Å². The van der Waals surface area contributed by atoms with Crippen molar-refractivity contribution in [3.8, 4) is 0 Å². The number of hydrogen-bond donors (Lipinski definition) is 1. The maximum atomic E-state index is 13.3. The molecule has 0 aliphatic carbocycles. The molecule has 0 amide bonds. The summed E-state index contributed by atoms with van der Waals surface area (Å²) in [5.41, 5.74) is -1.17. The van der Waals surface area contributed by atoms with Gasteiger partial charge in [0.25, 0.3) is 0 Å².